The van der Waals surface area contributed by atoms with E-state index in [2.05, 4.69) is 22.5 Å². The predicted octanol–water partition coefficient (Wildman–Crippen LogP) is 2.08. The van der Waals surface area contributed by atoms with Gasteiger partial charge < -0.3 is 20.3 Å². The molecule has 0 radical (unpaired) electrons. The zero-order chi connectivity index (χ0) is 21.1. The third kappa shape index (κ3) is 7.45. The number of likely N-dealkylation sites (tertiary alicyclic amines) is 1. The van der Waals surface area contributed by atoms with Gasteiger partial charge in [-0.3, -0.25) is 14.7 Å². The second kappa shape index (κ2) is 12.4. The van der Waals surface area contributed by atoms with Gasteiger partial charge >= 0.3 is 0 Å². The van der Waals surface area contributed by atoms with Crippen molar-refractivity contribution in [1.82, 2.24) is 20.4 Å². The number of hydrogen-bond acceptors (Lipinski definition) is 4. The van der Waals surface area contributed by atoms with Gasteiger partial charge in [-0.2, -0.15) is 0 Å². The second-order valence-electron chi connectivity index (χ2n) is 8.85. The van der Waals surface area contributed by atoms with E-state index >= 15 is 0 Å². The van der Waals surface area contributed by atoms with Crippen molar-refractivity contribution in [1.29, 1.82) is 0 Å². The van der Waals surface area contributed by atoms with Gasteiger partial charge in [0.05, 0.1) is 6.04 Å². The highest BCUT2D eigenvalue weighted by Gasteiger charge is 2.33. The van der Waals surface area contributed by atoms with E-state index in [1.165, 1.54) is 25.7 Å². The zero-order valence-corrected chi connectivity index (χ0v) is 19.1. The van der Waals surface area contributed by atoms with Gasteiger partial charge in [0.25, 0.3) is 0 Å². The molecule has 2 N–H and O–H groups in total. The number of hydrogen-bond donors (Lipinski definition) is 2. The maximum absolute atomic E-state index is 12.3. The molecule has 1 unspecified atom stereocenters. The van der Waals surface area contributed by atoms with Crippen molar-refractivity contribution in [3.8, 4) is 0 Å². The topological polar surface area (TPSA) is 69.2 Å². The fourth-order valence-corrected chi connectivity index (χ4v) is 4.68. The first-order valence-electron chi connectivity index (χ1n) is 11.5. The lowest BCUT2D eigenvalue weighted by Gasteiger charge is -2.27. The van der Waals surface area contributed by atoms with Crippen LogP contribution in [0, 0.1) is 5.41 Å². The number of ether oxygens (including phenoxy) is 1. The van der Waals surface area contributed by atoms with Crippen LogP contribution in [0.25, 0.3) is 0 Å². The van der Waals surface area contributed by atoms with Gasteiger partial charge in [-0.05, 0) is 57.4 Å². The fourth-order valence-electron chi connectivity index (χ4n) is 4.68. The van der Waals surface area contributed by atoms with Crippen molar-refractivity contribution >= 4 is 11.9 Å². The minimum Gasteiger partial charge on any atom is -0.385 e. The summed E-state index contributed by atoms with van der Waals surface area (Å²) in [6.45, 7) is 7.52. The number of carbonyl (C=O) groups is 1. The quantitative estimate of drug-likeness (QED) is 0.311. The number of aliphatic imine (C=N–C) groups is 1. The largest absolute Gasteiger partial charge is 0.385 e. The van der Waals surface area contributed by atoms with Crippen LogP contribution in [0.4, 0.5) is 0 Å². The van der Waals surface area contributed by atoms with E-state index in [0.717, 1.165) is 71.0 Å². The maximum Gasteiger partial charge on any atom is 0.239 e. The molecule has 1 aliphatic carbocycles. The van der Waals surface area contributed by atoms with Crippen molar-refractivity contribution in [3.05, 3.63) is 0 Å². The predicted molar refractivity (Wildman–Crippen MR) is 119 cm³/mol. The maximum atomic E-state index is 12.3. The molecule has 1 atom stereocenters. The van der Waals surface area contributed by atoms with Crippen LogP contribution in [0.15, 0.2) is 4.99 Å². The Labute approximate surface area is 177 Å². The highest BCUT2D eigenvalue weighted by Crippen LogP contribution is 2.41. The summed E-state index contributed by atoms with van der Waals surface area (Å²) in [6.07, 6.45) is 9.35. The number of guanidine groups is 1. The van der Waals surface area contributed by atoms with Crippen LogP contribution in [0.2, 0.25) is 0 Å². The average Bonchev–Trinajstić information content (AvgIpc) is 3.37. The first-order valence-corrected chi connectivity index (χ1v) is 11.5. The minimum atomic E-state index is 0.0647. The van der Waals surface area contributed by atoms with Gasteiger partial charge in [-0.1, -0.05) is 12.8 Å². The van der Waals surface area contributed by atoms with Gasteiger partial charge in [0.15, 0.2) is 5.96 Å². The SMILES string of the molecule is CCNC(=NCC1(CCOC)CCCC1)NCCCN1CCCC1C(=O)N(C)C. The minimum absolute atomic E-state index is 0.0647. The molecule has 7 nitrogen and oxygen atoms in total. The number of methoxy groups -OCH3 is 1. The van der Waals surface area contributed by atoms with Gasteiger partial charge in [-0.25, -0.2) is 0 Å². The monoisotopic (exact) mass is 409 g/mol. The van der Waals surface area contributed by atoms with Crippen LogP contribution in [0.3, 0.4) is 0 Å². The Morgan fingerprint density at radius 1 is 1.24 bits per heavy atom. The summed E-state index contributed by atoms with van der Waals surface area (Å²) in [7, 11) is 5.49. The lowest BCUT2D eigenvalue weighted by atomic mass is 9.83. The lowest BCUT2D eigenvalue weighted by Crippen LogP contribution is -2.44. The Morgan fingerprint density at radius 3 is 2.66 bits per heavy atom. The molecular weight excluding hydrogens is 366 g/mol. The summed E-state index contributed by atoms with van der Waals surface area (Å²) in [4.78, 5) is 21.3. The number of likely N-dealkylation sites (N-methyl/N-ethyl adjacent to an activating group) is 1. The molecule has 1 heterocycles. The Balaban J connectivity index is 1.79. The van der Waals surface area contributed by atoms with Gasteiger partial charge in [0.2, 0.25) is 5.91 Å². The molecule has 1 saturated carbocycles. The first-order chi connectivity index (χ1) is 14.0. The molecule has 2 rings (SSSR count). The third-order valence-electron chi connectivity index (χ3n) is 6.42. The van der Waals surface area contributed by atoms with Crippen molar-refractivity contribution < 1.29 is 9.53 Å². The van der Waals surface area contributed by atoms with Crippen LogP contribution < -0.4 is 10.6 Å². The molecule has 1 saturated heterocycles. The molecule has 0 aromatic carbocycles. The van der Waals surface area contributed by atoms with E-state index in [-0.39, 0.29) is 11.9 Å². The van der Waals surface area contributed by atoms with E-state index in [4.69, 9.17) is 9.73 Å². The molecule has 168 valence electrons. The van der Waals surface area contributed by atoms with Crippen LogP contribution in [-0.2, 0) is 9.53 Å². The van der Waals surface area contributed by atoms with Crippen LogP contribution in [0.1, 0.15) is 58.3 Å². The van der Waals surface area contributed by atoms with E-state index in [1.54, 1.807) is 12.0 Å². The third-order valence-corrected chi connectivity index (χ3v) is 6.42. The standard InChI is InChI=1S/C22H43N5O2/c1-5-23-21(25-18-22(13-17-29-4)11-6-7-12-22)24-14-9-16-27-15-8-10-19(27)20(28)26(2)3/h19H,5-18H2,1-4H3,(H2,23,24,25). The Hall–Kier alpha value is -1.34. The summed E-state index contributed by atoms with van der Waals surface area (Å²) < 4.78 is 5.34. The zero-order valence-electron chi connectivity index (χ0n) is 19.1. The number of nitrogens with zero attached hydrogens (tertiary/aromatic N) is 3. The summed E-state index contributed by atoms with van der Waals surface area (Å²) in [5.74, 6) is 1.15. The van der Waals surface area contributed by atoms with E-state index < -0.39 is 0 Å². The van der Waals surface area contributed by atoms with Crippen LogP contribution in [0.5, 0.6) is 0 Å². The number of nitrogens with one attached hydrogen (secondary N) is 2. The Bertz CT molecular complexity index is 517. The highest BCUT2D eigenvalue weighted by atomic mass is 16.5. The molecule has 0 bridgehead atoms. The molecule has 0 aromatic rings. The van der Waals surface area contributed by atoms with E-state index in [0.29, 0.717) is 5.41 Å². The molecule has 1 aliphatic heterocycles. The molecule has 1 amide bonds. The van der Waals surface area contributed by atoms with Crippen molar-refractivity contribution in [2.45, 2.75) is 64.3 Å². The molecule has 0 aromatic heterocycles. The molecular formula is C22H43N5O2. The average molecular weight is 410 g/mol. The summed E-state index contributed by atoms with van der Waals surface area (Å²) in [5, 5.41) is 6.88. The van der Waals surface area contributed by atoms with E-state index in [1.807, 2.05) is 14.1 Å². The highest BCUT2D eigenvalue weighted by molar-refractivity contribution is 5.81. The summed E-state index contributed by atoms with van der Waals surface area (Å²) in [5.41, 5.74) is 0.313. The second-order valence-corrected chi connectivity index (χ2v) is 8.85. The molecule has 29 heavy (non-hydrogen) atoms. The van der Waals surface area contributed by atoms with Crippen molar-refractivity contribution in [3.63, 3.8) is 0 Å². The van der Waals surface area contributed by atoms with E-state index in [9.17, 15) is 4.79 Å². The van der Waals surface area contributed by atoms with Crippen LogP contribution in [-0.4, -0.2) is 88.2 Å². The Morgan fingerprint density at radius 2 is 2.00 bits per heavy atom. The first kappa shape index (κ1) is 23.9. The van der Waals surface area contributed by atoms with Crippen molar-refractivity contribution in [2.24, 2.45) is 10.4 Å². The normalized spacial score (nSPS) is 22.1. The molecule has 2 aliphatic rings. The number of rotatable bonds is 11. The van der Waals surface area contributed by atoms with Crippen molar-refractivity contribution in [2.75, 3.05) is 60.5 Å². The lowest BCUT2D eigenvalue weighted by molar-refractivity contribution is -0.133. The molecule has 7 heteroatoms. The number of amides is 1. The fraction of sp³-hybridized carbons (Fsp3) is 0.909. The summed E-state index contributed by atoms with van der Waals surface area (Å²) >= 11 is 0. The molecule has 2 fully saturated rings. The van der Waals surface area contributed by atoms with Gasteiger partial charge in [-0.15, -0.1) is 0 Å². The van der Waals surface area contributed by atoms with Gasteiger partial charge in [0, 0.05) is 54.0 Å². The summed E-state index contributed by atoms with van der Waals surface area (Å²) in [6, 6.07) is 0.0647. The number of carbonyl (C=O) groups excluding carboxylic acids is 1. The van der Waals surface area contributed by atoms with Crippen LogP contribution >= 0.6 is 0 Å². The van der Waals surface area contributed by atoms with Gasteiger partial charge in [0.1, 0.15) is 0 Å². The molecule has 0 spiro atoms. The smallest absolute Gasteiger partial charge is 0.239 e. The Kier molecular flexibility index (Phi) is 10.2.